The Balaban J connectivity index is 2.69. The van der Waals surface area contributed by atoms with Crippen molar-refractivity contribution < 1.29 is 9.15 Å². The summed E-state index contributed by atoms with van der Waals surface area (Å²) in [5.41, 5.74) is 1.55. The molecule has 1 aliphatic rings. The van der Waals surface area contributed by atoms with Gasteiger partial charge >= 0.3 is 0 Å². The van der Waals surface area contributed by atoms with Crippen molar-refractivity contribution in [1.29, 1.82) is 0 Å². The number of nitrogens with one attached hydrogen (secondary N) is 1. The standard InChI is InChI=1S/C13H23N2O2PS3/c1-6-10-20-18(19,16-9-4)17-15-12-14-11(7-2)13(5,8-3)21-12/h6-7H,1,8-10H2,2-5H3,(H,14,15). The third kappa shape index (κ3) is 5.41. The van der Waals surface area contributed by atoms with Gasteiger partial charge in [-0.05, 0) is 39.0 Å². The highest BCUT2D eigenvalue weighted by molar-refractivity contribution is 8.67. The minimum absolute atomic E-state index is 0.0110. The fourth-order valence-corrected chi connectivity index (χ4v) is 6.43. The topological polar surface area (TPSA) is 42.9 Å². The SMILES string of the molecule is C=CCSP(=S)(OCC)ONC1=NC(=CC)C(C)(CC)S1. The van der Waals surface area contributed by atoms with Crippen molar-refractivity contribution in [2.24, 2.45) is 4.99 Å². The number of rotatable bonds is 8. The van der Waals surface area contributed by atoms with Crippen LogP contribution in [-0.4, -0.2) is 22.3 Å². The molecule has 4 nitrogen and oxygen atoms in total. The van der Waals surface area contributed by atoms with E-state index in [0.717, 1.165) is 17.3 Å². The molecule has 0 saturated carbocycles. The molecule has 21 heavy (non-hydrogen) atoms. The summed E-state index contributed by atoms with van der Waals surface area (Å²) in [6, 6.07) is 0. The third-order valence-corrected chi connectivity index (χ3v) is 9.25. The van der Waals surface area contributed by atoms with Crippen LogP contribution in [0.5, 0.6) is 0 Å². The summed E-state index contributed by atoms with van der Waals surface area (Å²) in [5.74, 6) is 0.700. The molecule has 2 atom stereocenters. The molecule has 0 aromatic rings. The molecule has 0 spiro atoms. The first-order chi connectivity index (χ1) is 9.93. The molecule has 0 radical (unpaired) electrons. The fraction of sp³-hybridized carbons (Fsp3) is 0.615. The van der Waals surface area contributed by atoms with Gasteiger partial charge in [-0.25, -0.2) is 15.1 Å². The molecule has 0 amide bonds. The molecular formula is C13H23N2O2PS3. The first-order valence-corrected chi connectivity index (χ1v) is 11.9. The van der Waals surface area contributed by atoms with Gasteiger partial charge in [0.05, 0.1) is 17.1 Å². The second-order valence-corrected chi connectivity index (χ2v) is 12.2. The van der Waals surface area contributed by atoms with Crippen molar-refractivity contribution in [1.82, 2.24) is 5.48 Å². The van der Waals surface area contributed by atoms with E-state index in [1.54, 1.807) is 17.8 Å². The summed E-state index contributed by atoms with van der Waals surface area (Å²) in [6.07, 6.45) is 4.83. The van der Waals surface area contributed by atoms with Crippen LogP contribution < -0.4 is 5.48 Å². The average Bonchev–Trinajstić information content (AvgIpc) is 2.81. The number of hydrogen-bond acceptors (Lipinski definition) is 7. The van der Waals surface area contributed by atoms with E-state index in [-0.39, 0.29) is 4.75 Å². The number of nitrogens with zero attached hydrogens (tertiary/aromatic N) is 1. The van der Waals surface area contributed by atoms with Gasteiger partial charge in [0.15, 0.2) is 5.17 Å². The molecule has 2 unspecified atom stereocenters. The molecule has 1 N–H and O–H groups in total. The summed E-state index contributed by atoms with van der Waals surface area (Å²) >= 11 is 8.61. The van der Waals surface area contributed by atoms with Crippen LogP contribution >= 0.6 is 28.8 Å². The zero-order chi connectivity index (χ0) is 15.9. The normalized spacial score (nSPS) is 26.5. The lowest BCUT2D eigenvalue weighted by atomic mass is 10.0. The van der Waals surface area contributed by atoms with Crippen molar-refractivity contribution in [3.05, 3.63) is 24.4 Å². The van der Waals surface area contributed by atoms with Gasteiger partial charge in [-0.1, -0.05) is 42.2 Å². The van der Waals surface area contributed by atoms with Crippen LogP contribution in [0.4, 0.5) is 0 Å². The Bertz CT molecular complexity index is 482. The number of hydroxylamine groups is 1. The monoisotopic (exact) mass is 366 g/mol. The predicted octanol–water partition coefficient (Wildman–Crippen LogP) is 4.86. The Morgan fingerprint density at radius 2 is 2.29 bits per heavy atom. The third-order valence-electron chi connectivity index (χ3n) is 2.92. The Hall–Kier alpha value is 0.220. The van der Waals surface area contributed by atoms with Crippen LogP contribution in [0, 0.1) is 0 Å². The molecular weight excluding hydrogens is 343 g/mol. The van der Waals surface area contributed by atoms with E-state index in [1.165, 1.54) is 11.4 Å². The number of allylic oxidation sites excluding steroid dienone is 1. The Kier molecular flexibility index (Phi) is 8.03. The zero-order valence-electron chi connectivity index (χ0n) is 12.9. The highest BCUT2D eigenvalue weighted by atomic mass is 32.9. The van der Waals surface area contributed by atoms with Gasteiger partial charge in [0.2, 0.25) is 0 Å². The summed E-state index contributed by atoms with van der Waals surface area (Å²) in [4.78, 5) is 4.57. The lowest BCUT2D eigenvalue weighted by Crippen LogP contribution is -2.22. The van der Waals surface area contributed by atoms with Gasteiger partial charge < -0.3 is 4.52 Å². The summed E-state index contributed by atoms with van der Waals surface area (Å²) in [6.45, 7) is 12.5. The van der Waals surface area contributed by atoms with Gasteiger partial charge in [-0.15, -0.1) is 6.58 Å². The first kappa shape index (κ1) is 19.3. The van der Waals surface area contributed by atoms with Crippen molar-refractivity contribution >= 4 is 45.8 Å². The minimum Gasteiger partial charge on any atom is -0.321 e. The largest absolute Gasteiger partial charge is 0.321 e. The van der Waals surface area contributed by atoms with Crippen LogP contribution in [0.2, 0.25) is 0 Å². The van der Waals surface area contributed by atoms with E-state index < -0.39 is 5.69 Å². The minimum atomic E-state index is -2.41. The van der Waals surface area contributed by atoms with Gasteiger partial charge in [0.1, 0.15) is 0 Å². The second-order valence-electron chi connectivity index (χ2n) is 4.42. The molecule has 0 bridgehead atoms. The van der Waals surface area contributed by atoms with Crippen LogP contribution in [0.25, 0.3) is 0 Å². The first-order valence-electron chi connectivity index (χ1n) is 6.82. The maximum Gasteiger partial charge on any atom is 0.270 e. The van der Waals surface area contributed by atoms with E-state index in [0.29, 0.717) is 12.4 Å². The van der Waals surface area contributed by atoms with E-state index in [2.05, 4.69) is 30.9 Å². The number of aliphatic imine (C=N–C) groups is 1. The quantitative estimate of drug-likeness (QED) is 0.376. The Labute approximate surface area is 141 Å². The molecule has 8 heteroatoms. The highest BCUT2D eigenvalue weighted by Gasteiger charge is 2.36. The summed E-state index contributed by atoms with van der Waals surface area (Å²) < 4.78 is 11.3. The van der Waals surface area contributed by atoms with Crippen LogP contribution in [0.3, 0.4) is 0 Å². The van der Waals surface area contributed by atoms with Crippen molar-refractivity contribution in [2.75, 3.05) is 12.4 Å². The van der Waals surface area contributed by atoms with Crippen molar-refractivity contribution in [3.8, 4) is 0 Å². The fourth-order valence-electron chi connectivity index (χ4n) is 1.67. The lowest BCUT2D eigenvalue weighted by molar-refractivity contribution is 0.235. The van der Waals surface area contributed by atoms with Gasteiger partial charge in [0.25, 0.3) is 5.69 Å². The molecule has 1 heterocycles. The van der Waals surface area contributed by atoms with Crippen LogP contribution in [-0.2, 0) is 21.0 Å². The molecule has 0 aliphatic carbocycles. The molecule has 0 aromatic heterocycles. The highest BCUT2D eigenvalue weighted by Crippen LogP contribution is 2.60. The van der Waals surface area contributed by atoms with E-state index >= 15 is 0 Å². The van der Waals surface area contributed by atoms with Gasteiger partial charge in [0, 0.05) is 5.75 Å². The Morgan fingerprint density at radius 1 is 1.57 bits per heavy atom. The van der Waals surface area contributed by atoms with Crippen LogP contribution in [0.1, 0.15) is 34.1 Å². The van der Waals surface area contributed by atoms with E-state index in [1.807, 2.05) is 19.9 Å². The number of amidine groups is 1. The van der Waals surface area contributed by atoms with E-state index in [4.69, 9.17) is 21.0 Å². The lowest BCUT2D eigenvalue weighted by Gasteiger charge is -2.22. The van der Waals surface area contributed by atoms with Gasteiger partial charge in [-0.3, -0.25) is 0 Å². The molecule has 0 fully saturated rings. The van der Waals surface area contributed by atoms with Crippen molar-refractivity contribution in [2.45, 2.75) is 38.9 Å². The molecule has 0 saturated heterocycles. The number of hydrogen-bond donors (Lipinski definition) is 1. The van der Waals surface area contributed by atoms with E-state index in [9.17, 15) is 0 Å². The predicted molar refractivity (Wildman–Crippen MR) is 100 cm³/mol. The Morgan fingerprint density at radius 3 is 2.76 bits per heavy atom. The summed E-state index contributed by atoms with van der Waals surface area (Å²) in [5, 5.41) is 0.737. The smallest absolute Gasteiger partial charge is 0.270 e. The maximum atomic E-state index is 5.68. The van der Waals surface area contributed by atoms with Gasteiger partial charge in [-0.2, -0.15) is 0 Å². The molecule has 1 rings (SSSR count). The zero-order valence-corrected chi connectivity index (χ0v) is 16.3. The van der Waals surface area contributed by atoms with Crippen LogP contribution in [0.15, 0.2) is 29.4 Å². The second kappa shape index (κ2) is 8.75. The molecule has 1 aliphatic heterocycles. The number of thioether (sulfide) groups is 1. The maximum absolute atomic E-state index is 5.68. The molecule has 120 valence electrons. The average molecular weight is 367 g/mol. The van der Waals surface area contributed by atoms with Crippen molar-refractivity contribution in [3.63, 3.8) is 0 Å². The summed E-state index contributed by atoms with van der Waals surface area (Å²) in [7, 11) is 0. The molecule has 0 aromatic carbocycles.